The molecule has 0 unspecified atom stereocenters. The van der Waals surface area contributed by atoms with E-state index >= 15 is 0 Å². The molecular formula is C10H11O. The summed E-state index contributed by atoms with van der Waals surface area (Å²) >= 11 is 0. The smallest absolute Gasteiger partial charge is 0.0930 e. The molecule has 0 heterocycles. The molecule has 0 aliphatic rings. The largest absolute Gasteiger partial charge is 0.501 e. The Labute approximate surface area is 67.3 Å². The summed E-state index contributed by atoms with van der Waals surface area (Å²) in [5.41, 5.74) is 1.12. The Hall–Kier alpha value is -1.24. The minimum absolute atomic E-state index is 0.907. The van der Waals surface area contributed by atoms with Gasteiger partial charge in [-0.15, -0.1) is 0 Å². The second kappa shape index (κ2) is 3.81. The van der Waals surface area contributed by atoms with Crippen LogP contribution in [0.4, 0.5) is 0 Å². The van der Waals surface area contributed by atoms with E-state index in [0.717, 1.165) is 11.3 Å². The highest BCUT2D eigenvalue weighted by Crippen LogP contribution is 2.05. The summed E-state index contributed by atoms with van der Waals surface area (Å²) in [4.78, 5) is 0. The number of allylic oxidation sites excluding steroid dienone is 1. The first-order chi connectivity index (χ1) is 5.33. The van der Waals surface area contributed by atoms with Gasteiger partial charge in [-0.1, -0.05) is 18.2 Å². The number of hydrogen-bond acceptors (Lipinski definition) is 1. The standard InChI is InChI=1S/C10H11O/c1-9(11-2)8-10-6-4-3-5-7-10/h3-4,6-8H,1-2H3. The highest BCUT2D eigenvalue weighted by atomic mass is 16.5. The lowest BCUT2D eigenvalue weighted by Crippen LogP contribution is -1.78. The third kappa shape index (κ3) is 2.46. The van der Waals surface area contributed by atoms with Gasteiger partial charge in [0.15, 0.2) is 0 Å². The lowest BCUT2D eigenvalue weighted by atomic mass is 10.2. The number of ether oxygens (including phenoxy) is 1. The van der Waals surface area contributed by atoms with Crippen LogP contribution in [0.25, 0.3) is 6.08 Å². The second-order valence-electron chi connectivity index (χ2n) is 2.30. The van der Waals surface area contributed by atoms with Crippen molar-refractivity contribution in [2.24, 2.45) is 0 Å². The fourth-order valence-corrected chi connectivity index (χ4v) is 0.791. The quantitative estimate of drug-likeness (QED) is 0.584. The molecule has 0 amide bonds. The van der Waals surface area contributed by atoms with Crippen LogP contribution in [0.2, 0.25) is 0 Å². The van der Waals surface area contributed by atoms with Crippen LogP contribution < -0.4 is 0 Å². The molecule has 11 heavy (non-hydrogen) atoms. The molecule has 0 aliphatic heterocycles. The molecule has 0 saturated carbocycles. The van der Waals surface area contributed by atoms with Gasteiger partial charge < -0.3 is 4.74 Å². The summed E-state index contributed by atoms with van der Waals surface area (Å²) in [6.45, 7) is 1.92. The van der Waals surface area contributed by atoms with Crippen LogP contribution in [0.15, 0.2) is 30.0 Å². The molecule has 0 aliphatic carbocycles. The monoisotopic (exact) mass is 147 g/mol. The molecule has 1 rings (SSSR count). The Bertz CT molecular complexity index is 236. The van der Waals surface area contributed by atoms with Crippen molar-refractivity contribution in [3.05, 3.63) is 41.7 Å². The molecule has 1 radical (unpaired) electrons. The van der Waals surface area contributed by atoms with E-state index in [1.807, 2.05) is 37.3 Å². The van der Waals surface area contributed by atoms with E-state index in [4.69, 9.17) is 4.74 Å². The molecule has 1 aromatic carbocycles. The topological polar surface area (TPSA) is 9.23 Å². The summed E-state index contributed by atoms with van der Waals surface area (Å²) in [5.74, 6) is 0.907. The first-order valence-corrected chi connectivity index (χ1v) is 3.51. The third-order valence-electron chi connectivity index (χ3n) is 1.42. The first-order valence-electron chi connectivity index (χ1n) is 3.51. The van der Waals surface area contributed by atoms with E-state index in [1.165, 1.54) is 0 Å². The fourth-order valence-electron chi connectivity index (χ4n) is 0.791. The first kappa shape index (κ1) is 7.86. The SMILES string of the molecule is COC(C)=Cc1c[c]ccc1. The van der Waals surface area contributed by atoms with Crippen LogP contribution in [0, 0.1) is 6.07 Å². The van der Waals surface area contributed by atoms with Crippen LogP contribution in [0.5, 0.6) is 0 Å². The van der Waals surface area contributed by atoms with Crippen molar-refractivity contribution in [3.63, 3.8) is 0 Å². The molecule has 1 heteroatoms. The Balaban J connectivity index is 2.79. The van der Waals surface area contributed by atoms with Gasteiger partial charge in [-0.25, -0.2) is 0 Å². The average Bonchev–Trinajstić information content (AvgIpc) is 2.06. The predicted octanol–water partition coefficient (Wildman–Crippen LogP) is 2.49. The summed E-state index contributed by atoms with van der Waals surface area (Å²) in [6.07, 6.45) is 1.97. The molecule has 1 nitrogen and oxygen atoms in total. The normalized spacial score (nSPS) is 11.3. The molecular weight excluding hydrogens is 136 g/mol. The van der Waals surface area contributed by atoms with E-state index in [2.05, 4.69) is 6.07 Å². The van der Waals surface area contributed by atoms with Crippen molar-refractivity contribution >= 4 is 6.08 Å². The van der Waals surface area contributed by atoms with E-state index in [1.54, 1.807) is 7.11 Å². The van der Waals surface area contributed by atoms with Crippen LogP contribution in [0.1, 0.15) is 12.5 Å². The average molecular weight is 147 g/mol. The number of methoxy groups -OCH3 is 1. The van der Waals surface area contributed by atoms with Crippen molar-refractivity contribution < 1.29 is 4.74 Å². The molecule has 0 saturated heterocycles. The van der Waals surface area contributed by atoms with Crippen molar-refractivity contribution in [2.75, 3.05) is 7.11 Å². The van der Waals surface area contributed by atoms with Gasteiger partial charge in [0, 0.05) is 0 Å². The zero-order valence-electron chi connectivity index (χ0n) is 6.79. The molecule has 0 bridgehead atoms. The van der Waals surface area contributed by atoms with E-state index in [9.17, 15) is 0 Å². The molecule has 0 fully saturated rings. The van der Waals surface area contributed by atoms with Gasteiger partial charge in [-0.3, -0.25) is 0 Å². The lowest BCUT2D eigenvalue weighted by Gasteiger charge is -1.97. The molecule has 0 spiro atoms. The summed E-state index contributed by atoms with van der Waals surface area (Å²) < 4.78 is 5.00. The van der Waals surface area contributed by atoms with Crippen molar-refractivity contribution in [1.82, 2.24) is 0 Å². The fraction of sp³-hybridized carbons (Fsp3) is 0.200. The van der Waals surface area contributed by atoms with Crippen LogP contribution >= 0.6 is 0 Å². The number of hydrogen-bond donors (Lipinski definition) is 0. The van der Waals surface area contributed by atoms with Gasteiger partial charge in [0.25, 0.3) is 0 Å². The minimum atomic E-state index is 0.907. The van der Waals surface area contributed by atoms with Gasteiger partial charge in [-0.05, 0) is 30.7 Å². The molecule has 57 valence electrons. The maximum Gasteiger partial charge on any atom is 0.0930 e. The van der Waals surface area contributed by atoms with Gasteiger partial charge in [0.2, 0.25) is 0 Å². The highest BCUT2D eigenvalue weighted by molar-refractivity contribution is 5.50. The van der Waals surface area contributed by atoms with Gasteiger partial charge >= 0.3 is 0 Å². The van der Waals surface area contributed by atoms with Crippen LogP contribution in [0.3, 0.4) is 0 Å². The third-order valence-corrected chi connectivity index (χ3v) is 1.42. The Morgan fingerprint density at radius 2 is 2.45 bits per heavy atom. The zero-order valence-corrected chi connectivity index (χ0v) is 6.79. The number of benzene rings is 1. The Morgan fingerprint density at radius 1 is 1.64 bits per heavy atom. The number of rotatable bonds is 2. The molecule has 0 aromatic heterocycles. The van der Waals surface area contributed by atoms with Gasteiger partial charge in [-0.2, -0.15) is 0 Å². The van der Waals surface area contributed by atoms with Gasteiger partial charge in [0.1, 0.15) is 0 Å². The zero-order chi connectivity index (χ0) is 8.10. The maximum absolute atomic E-state index is 5.00. The molecule has 0 N–H and O–H groups in total. The summed E-state index contributed by atoms with van der Waals surface area (Å²) in [6, 6.07) is 10.8. The van der Waals surface area contributed by atoms with Gasteiger partial charge in [0.05, 0.1) is 12.9 Å². The Kier molecular flexibility index (Phi) is 2.73. The van der Waals surface area contributed by atoms with Crippen LogP contribution in [-0.4, -0.2) is 7.11 Å². The Morgan fingerprint density at radius 3 is 3.00 bits per heavy atom. The van der Waals surface area contributed by atoms with Crippen molar-refractivity contribution in [3.8, 4) is 0 Å². The van der Waals surface area contributed by atoms with Crippen molar-refractivity contribution in [1.29, 1.82) is 0 Å². The minimum Gasteiger partial charge on any atom is -0.501 e. The van der Waals surface area contributed by atoms with E-state index in [-0.39, 0.29) is 0 Å². The summed E-state index contributed by atoms with van der Waals surface area (Å²) in [7, 11) is 1.67. The van der Waals surface area contributed by atoms with E-state index in [0.29, 0.717) is 0 Å². The van der Waals surface area contributed by atoms with E-state index < -0.39 is 0 Å². The second-order valence-corrected chi connectivity index (χ2v) is 2.30. The predicted molar refractivity (Wildman–Crippen MR) is 45.9 cm³/mol. The lowest BCUT2D eigenvalue weighted by molar-refractivity contribution is 0.297. The highest BCUT2D eigenvalue weighted by Gasteiger charge is 1.86. The summed E-state index contributed by atoms with van der Waals surface area (Å²) in [5, 5.41) is 0. The molecule has 0 atom stereocenters. The van der Waals surface area contributed by atoms with Crippen LogP contribution in [-0.2, 0) is 4.74 Å². The molecule has 1 aromatic rings. The van der Waals surface area contributed by atoms with Crippen molar-refractivity contribution in [2.45, 2.75) is 6.92 Å². The maximum atomic E-state index is 5.00.